The summed E-state index contributed by atoms with van der Waals surface area (Å²) in [6, 6.07) is 8.53. The van der Waals surface area contributed by atoms with Crippen LogP contribution in [0.3, 0.4) is 0 Å². The molecule has 0 heterocycles. The number of rotatable bonds is 1. The van der Waals surface area contributed by atoms with E-state index in [0.29, 0.717) is 5.92 Å². The van der Waals surface area contributed by atoms with Crippen LogP contribution < -0.4 is 0 Å². The maximum absolute atomic E-state index is 3.13. The van der Waals surface area contributed by atoms with Gasteiger partial charge in [-0.25, -0.2) is 0 Å². The maximum Gasteiger partial charge on any atom is 0.0193 e. The third kappa shape index (κ3) is 1.51. The zero-order valence-electron chi connectivity index (χ0n) is 7.75. The minimum absolute atomic E-state index is 0.517. The van der Waals surface area contributed by atoms with Crippen LogP contribution in [0, 0.1) is 11.8 Å². The summed E-state index contributed by atoms with van der Waals surface area (Å²) >= 11 is 0. The zero-order chi connectivity index (χ0) is 9.10. The molecule has 0 radical (unpaired) electrons. The number of allylic oxidation sites excluding steroid dienone is 1. The molecule has 1 aliphatic carbocycles. The van der Waals surface area contributed by atoms with Crippen molar-refractivity contribution in [2.24, 2.45) is 0 Å². The molecule has 64 valence electrons. The van der Waals surface area contributed by atoms with Crippen molar-refractivity contribution in [3.05, 3.63) is 41.5 Å². The highest BCUT2D eigenvalue weighted by atomic mass is 14.2. The predicted molar refractivity (Wildman–Crippen MR) is 56.3 cm³/mol. The molecule has 0 spiro atoms. The van der Waals surface area contributed by atoms with Gasteiger partial charge in [-0.15, -0.1) is 11.8 Å². The van der Waals surface area contributed by atoms with Crippen molar-refractivity contribution in [2.75, 3.05) is 0 Å². The van der Waals surface area contributed by atoms with Crippen LogP contribution >= 0.6 is 0 Å². The summed E-state index contributed by atoms with van der Waals surface area (Å²) in [5.41, 5.74) is 2.77. The lowest BCUT2D eigenvalue weighted by Gasteiger charge is -2.05. The molecule has 1 unspecified atom stereocenters. The summed E-state index contributed by atoms with van der Waals surface area (Å²) in [5, 5.41) is 0. The van der Waals surface area contributed by atoms with Crippen LogP contribution in [-0.2, 0) is 0 Å². The largest absolute Gasteiger partial charge is 0.107 e. The molecule has 0 amide bonds. The van der Waals surface area contributed by atoms with Gasteiger partial charge in [0.05, 0.1) is 0 Å². The molecule has 0 heteroatoms. The van der Waals surface area contributed by atoms with E-state index in [9.17, 15) is 0 Å². The SMILES string of the molecule is CC#CCC1C=Cc2ccccc21. The van der Waals surface area contributed by atoms with Gasteiger partial charge >= 0.3 is 0 Å². The molecule has 2 rings (SSSR count). The van der Waals surface area contributed by atoms with Gasteiger partial charge in [-0.3, -0.25) is 0 Å². The Labute approximate surface area is 79.3 Å². The van der Waals surface area contributed by atoms with Gasteiger partial charge in [0.15, 0.2) is 0 Å². The Hall–Kier alpha value is -1.48. The summed E-state index contributed by atoms with van der Waals surface area (Å²) in [5.74, 6) is 6.59. The molecular formula is C13H12. The van der Waals surface area contributed by atoms with Crippen molar-refractivity contribution < 1.29 is 0 Å². The van der Waals surface area contributed by atoms with Gasteiger partial charge < -0.3 is 0 Å². The normalized spacial score (nSPS) is 17.8. The lowest BCUT2D eigenvalue weighted by molar-refractivity contribution is 0.899. The molecule has 0 fully saturated rings. The molecule has 1 aromatic carbocycles. The lowest BCUT2D eigenvalue weighted by Crippen LogP contribution is -1.90. The Morgan fingerprint density at radius 3 is 3.00 bits per heavy atom. The summed E-state index contributed by atoms with van der Waals surface area (Å²) in [6.45, 7) is 1.89. The third-order valence-corrected chi connectivity index (χ3v) is 2.40. The highest BCUT2D eigenvalue weighted by molar-refractivity contribution is 5.62. The van der Waals surface area contributed by atoms with Gasteiger partial charge in [0.1, 0.15) is 0 Å². The molecule has 0 saturated heterocycles. The maximum atomic E-state index is 3.13. The highest BCUT2D eigenvalue weighted by Crippen LogP contribution is 2.31. The van der Waals surface area contributed by atoms with Crippen molar-refractivity contribution >= 4 is 6.08 Å². The van der Waals surface area contributed by atoms with E-state index in [2.05, 4.69) is 48.3 Å². The average Bonchev–Trinajstić information content (AvgIpc) is 2.58. The predicted octanol–water partition coefficient (Wildman–Crippen LogP) is 3.21. The molecule has 0 aliphatic heterocycles. The summed E-state index contributed by atoms with van der Waals surface area (Å²) in [4.78, 5) is 0. The van der Waals surface area contributed by atoms with Gasteiger partial charge in [-0.2, -0.15) is 0 Å². The quantitative estimate of drug-likeness (QED) is 0.565. The van der Waals surface area contributed by atoms with Crippen LogP contribution in [0.4, 0.5) is 0 Å². The molecule has 0 bridgehead atoms. The second-order valence-electron chi connectivity index (χ2n) is 3.23. The Kier molecular flexibility index (Phi) is 2.19. The summed E-state index contributed by atoms with van der Waals surface area (Å²) in [7, 11) is 0. The van der Waals surface area contributed by atoms with E-state index in [4.69, 9.17) is 0 Å². The first-order valence-electron chi connectivity index (χ1n) is 4.58. The molecule has 1 atom stereocenters. The fourth-order valence-electron chi connectivity index (χ4n) is 1.71. The summed E-state index contributed by atoms with van der Waals surface area (Å²) in [6.07, 6.45) is 5.39. The lowest BCUT2D eigenvalue weighted by atomic mass is 9.98. The van der Waals surface area contributed by atoms with Crippen molar-refractivity contribution in [3.63, 3.8) is 0 Å². The van der Waals surface area contributed by atoms with E-state index in [1.807, 2.05) is 6.92 Å². The molecule has 13 heavy (non-hydrogen) atoms. The first-order valence-corrected chi connectivity index (χ1v) is 4.58. The van der Waals surface area contributed by atoms with Crippen LogP contribution in [-0.4, -0.2) is 0 Å². The number of benzene rings is 1. The van der Waals surface area contributed by atoms with Crippen LogP contribution in [0.5, 0.6) is 0 Å². The van der Waals surface area contributed by atoms with Crippen LogP contribution in [0.2, 0.25) is 0 Å². The zero-order valence-corrected chi connectivity index (χ0v) is 7.75. The van der Waals surface area contributed by atoms with Crippen LogP contribution in [0.1, 0.15) is 30.4 Å². The molecule has 0 nitrogen and oxygen atoms in total. The smallest absolute Gasteiger partial charge is 0.0193 e. The first kappa shape index (κ1) is 8.13. The number of hydrogen-bond donors (Lipinski definition) is 0. The molecule has 0 saturated carbocycles. The standard InChI is InChI=1S/C13H12/c1-2-3-6-11-9-10-12-7-4-5-8-13(11)12/h4-5,7-11H,6H2,1H3. The van der Waals surface area contributed by atoms with Crippen LogP contribution in [0.25, 0.3) is 6.08 Å². The third-order valence-electron chi connectivity index (χ3n) is 2.40. The van der Waals surface area contributed by atoms with E-state index in [-0.39, 0.29) is 0 Å². The molecule has 1 aromatic rings. The van der Waals surface area contributed by atoms with Crippen molar-refractivity contribution in [3.8, 4) is 11.8 Å². The van der Waals surface area contributed by atoms with Crippen molar-refractivity contribution in [1.82, 2.24) is 0 Å². The average molecular weight is 168 g/mol. The van der Waals surface area contributed by atoms with E-state index >= 15 is 0 Å². The van der Waals surface area contributed by atoms with Crippen LogP contribution in [0.15, 0.2) is 30.3 Å². The Bertz CT molecular complexity index is 388. The molecule has 1 aliphatic rings. The Balaban J connectivity index is 2.26. The topological polar surface area (TPSA) is 0 Å². The van der Waals surface area contributed by atoms with Crippen molar-refractivity contribution in [1.29, 1.82) is 0 Å². The van der Waals surface area contributed by atoms with Gasteiger partial charge in [0.2, 0.25) is 0 Å². The van der Waals surface area contributed by atoms with E-state index in [1.54, 1.807) is 0 Å². The summed E-state index contributed by atoms with van der Waals surface area (Å²) < 4.78 is 0. The van der Waals surface area contributed by atoms with E-state index in [1.165, 1.54) is 11.1 Å². The fraction of sp³-hybridized carbons (Fsp3) is 0.231. The monoisotopic (exact) mass is 168 g/mol. The molecule has 0 N–H and O–H groups in total. The van der Waals surface area contributed by atoms with Gasteiger partial charge in [-0.05, 0) is 18.1 Å². The minimum atomic E-state index is 0.517. The molecule has 0 aromatic heterocycles. The minimum Gasteiger partial charge on any atom is -0.107 e. The van der Waals surface area contributed by atoms with Gasteiger partial charge in [-0.1, -0.05) is 36.4 Å². The second kappa shape index (κ2) is 3.49. The Morgan fingerprint density at radius 2 is 2.15 bits per heavy atom. The van der Waals surface area contributed by atoms with Gasteiger partial charge in [0, 0.05) is 12.3 Å². The molecular weight excluding hydrogens is 156 g/mol. The highest BCUT2D eigenvalue weighted by Gasteiger charge is 2.14. The van der Waals surface area contributed by atoms with Gasteiger partial charge in [0.25, 0.3) is 0 Å². The number of hydrogen-bond acceptors (Lipinski definition) is 0. The second-order valence-corrected chi connectivity index (χ2v) is 3.23. The van der Waals surface area contributed by atoms with E-state index in [0.717, 1.165) is 6.42 Å². The number of fused-ring (bicyclic) bond motifs is 1. The van der Waals surface area contributed by atoms with Crippen molar-refractivity contribution in [2.45, 2.75) is 19.3 Å². The Morgan fingerprint density at radius 1 is 1.31 bits per heavy atom. The van der Waals surface area contributed by atoms with E-state index < -0.39 is 0 Å². The fourth-order valence-corrected chi connectivity index (χ4v) is 1.71. The first-order chi connectivity index (χ1) is 6.42.